The minimum absolute atomic E-state index is 0.182. The minimum atomic E-state index is 0.182. The van der Waals surface area contributed by atoms with Gasteiger partial charge in [-0.3, -0.25) is 4.79 Å². The smallest absolute Gasteiger partial charge is 0.134 e. The molecule has 0 aliphatic rings. The van der Waals surface area contributed by atoms with Crippen LogP contribution in [-0.2, 0) is 16.5 Å². The molecule has 0 unspecified atom stereocenters. The molecule has 0 saturated carbocycles. The van der Waals surface area contributed by atoms with Crippen LogP contribution in [0.2, 0.25) is 0 Å². The molecule has 0 saturated heterocycles. The van der Waals surface area contributed by atoms with Gasteiger partial charge in [0.15, 0.2) is 0 Å². The molecule has 0 spiro atoms. The maximum Gasteiger partial charge on any atom is 0.134 e. The lowest BCUT2D eigenvalue weighted by molar-refractivity contribution is -0.116. The Morgan fingerprint density at radius 2 is 2.15 bits per heavy atom. The van der Waals surface area contributed by atoms with Crippen LogP contribution >= 0.6 is 28.6 Å². The average Bonchev–Trinajstić information content (AvgIpc) is 2.03. The summed E-state index contributed by atoms with van der Waals surface area (Å²) in [4.78, 5) is 11.9. The molecule has 0 aliphatic heterocycles. The number of carbonyl (C=O) groups is 1. The molecule has 0 radical (unpaired) electrons. The van der Waals surface area contributed by atoms with Gasteiger partial charge in [-0.15, -0.1) is 12.6 Å². The molecule has 1 rings (SSSR count). The lowest BCUT2D eigenvalue weighted by atomic mass is 10.0. The lowest BCUT2D eigenvalue weighted by Gasteiger charge is -2.05. The second-order valence-electron chi connectivity index (χ2n) is 2.97. The fraction of sp³-hybridized carbons (Fsp3) is 0.300. The molecule has 0 atom stereocenters. The van der Waals surface area contributed by atoms with Crippen LogP contribution in [0.25, 0.3) is 0 Å². The van der Waals surface area contributed by atoms with E-state index in [4.69, 9.17) is 0 Å². The highest BCUT2D eigenvalue weighted by Crippen LogP contribution is 2.18. The van der Waals surface area contributed by atoms with E-state index >= 15 is 0 Å². The number of halogens is 1. The molecule has 1 aromatic carbocycles. The van der Waals surface area contributed by atoms with Crippen molar-refractivity contribution >= 4 is 34.3 Å². The largest absolute Gasteiger partial charge is 0.300 e. The fourth-order valence-electron chi connectivity index (χ4n) is 1.18. The van der Waals surface area contributed by atoms with Gasteiger partial charge in [0, 0.05) is 16.6 Å². The number of hydrogen-bond acceptors (Lipinski definition) is 2. The number of carbonyl (C=O) groups excluding carboxylic acids is 1. The van der Waals surface area contributed by atoms with E-state index in [1.54, 1.807) is 6.92 Å². The van der Waals surface area contributed by atoms with Crippen molar-refractivity contribution in [3.8, 4) is 0 Å². The van der Waals surface area contributed by atoms with Crippen molar-refractivity contribution in [2.45, 2.75) is 23.6 Å². The summed E-state index contributed by atoms with van der Waals surface area (Å²) in [6.07, 6.45) is 0.495. The van der Waals surface area contributed by atoms with E-state index in [1.165, 1.54) is 0 Å². The normalized spacial score (nSPS) is 10.1. The van der Waals surface area contributed by atoms with Gasteiger partial charge >= 0.3 is 0 Å². The van der Waals surface area contributed by atoms with Crippen LogP contribution in [0.1, 0.15) is 18.1 Å². The standard InChI is InChI=1S/C10H11BrOS/c1-7(12)4-9-5-10(13)3-2-8(9)6-11/h2-3,5,13H,4,6H2,1H3. The van der Waals surface area contributed by atoms with Gasteiger partial charge in [-0.05, 0) is 30.2 Å². The average molecular weight is 259 g/mol. The van der Waals surface area contributed by atoms with E-state index in [2.05, 4.69) is 28.6 Å². The minimum Gasteiger partial charge on any atom is -0.300 e. The Balaban J connectivity index is 3.01. The lowest BCUT2D eigenvalue weighted by Crippen LogP contribution is -1.99. The monoisotopic (exact) mass is 258 g/mol. The summed E-state index contributed by atoms with van der Waals surface area (Å²) in [5.74, 6) is 0.182. The highest BCUT2D eigenvalue weighted by Gasteiger charge is 2.04. The molecule has 0 bridgehead atoms. The van der Waals surface area contributed by atoms with Crippen LogP contribution in [0.4, 0.5) is 0 Å². The van der Waals surface area contributed by atoms with Gasteiger partial charge in [0.2, 0.25) is 0 Å². The van der Waals surface area contributed by atoms with E-state index in [0.29, 0.717) is 6.42 Å². The first-order valence-corrected chi connectivity index (χ1v) is 5.56. The first kappa shape index (κ1) is 10.8. The molecule has 0 fully saturated rings. The van der Waals surface area contributed by atoms with Crippen molar-refractivity contribution in [3.05, 3.63) is 29.3 Å². The number of ketones is 1. The summed E-state index contributed by atoms with van der Waals surface area (Å²) in [7, 11) is 0. The van der Waals surface area contributed by atoms with Gasteiger partial charge in [0.25, 0.3) is 0 Å². The van der Waals surface area contributed by atoms with Crippen molar-refractivity contribution in [2.75, 3.05) is 0 Å². The van der Waals surface area contributed by atoms with Crippen molar-refractivity contribution in [1.29, 1.82) is 0 Å². The summed E-state index contributed by atoms with van der Waals surface area (Å²) in [5.41, 5.74) is 2.23. The molecule has 0 amide bonds. The molecule has 70 valence electrons. The van der Waals surface area contributed by atoms with E-state index in [-0.39, 0.29) is 5.78 Å². The topological polar surface area (TPSA) is 17.1 Å². The summed E-state index contributed by atoms with van der Waals surface area (Å²) >= 11 is 7.62. The Labute approximate surface area is 92.1 Å². The maximum absolute atomic E-state index is 11.0. The van der Waals surface area contributed by atoms with Crippen molar-refractivity contribution in [1.82, 2.24) is 0 Å². The van der Waals surface area contributed by atoms with Crippen LogP contribution in [0, 0.1) is 0 Å². The zero-order valence-electron chi connectivity index (χ0n) is 7.38. The van der Waals surface area contributed by atoms with Gasteiger partial charge in [0.1, 0.15) is 5.78 Å². The summed E-state index contributed by atoms with van der Waals surface area (Å²) in [6.45, 7) is 1.60. The number of Topliss-reactive ketones (excluding diaryl/α,β-unsaturated/α-hetero) is 1. The van der Waals surface area contributed by atoms with Crippen molar-refractivity contribution in [2.24, 2.45) is 0 Å². The van der Waals surface area contributed by atoms with Crippen LogP contribution in [-0.4, -0.2) is 5.78 Å². The van der Waals surface area contributed by atoms with E-state index < -0.39 is 0 Å². The van der Waals surface area contributed by atoms with Gasteiger partial charge in [-0.25, -0.2) is 0 Å². The Bertz CT molecular complexity index is 323. The van der Waals surface area contributed by atoms with Crippen molar-refractivity contribution in [3.63, 3.8) is 0 Å². The second-order valence-corrected chi connectivity index (χ2v) is 4.04. The fourth-order valence-corrected chi connectivity index (χ4v) is 1.95. The van der Waals surface area contributed by atoms with Gasteiger partial charge in [0.05, 0.1) is 0 Å². The first-order chi connectivity index (χ1) is 6.13. The molecule has 13 heavy (non-hydrogen) atoms. The SMILES string of the molecule is CC(=O)Cc1cc(S)ccc1CBr. The predicted molar refractivity (Wildman–Crippen MR) is 60.7 cm³/mol. The quantitative estimate of drug-likeness (QED) is 0.652. The third-order valence-corrected chi connectivity index (χ3v) is 2.66. The second kappa shape index (κ2) is 4.82. The molecule has 0 aromatic heterocycles. The Morgan fingerprint density at radius 1 is 1.46 bits per heavy atom. The number of thiol groups is 1. The van der Waals surface area contributed by atoms with Crippen LogP contribution in [0.3, 0.4) is 0 Å². The Morgan fingerprint density at radius 3 is 2.69 bits per heavy atom. The van der Waals surface area contributed by atoms with Gasteiger partial charge in [-0.1, -0.05) is 22.0 Å². The first-order valence-electron chi connectivity index (χ1n) is 3.99. The molecule has 1 aromatic rings. The molecule has 0 N–H and O–H groups in total. The van der Waals surface area contributed by atoms with Crippen LogP contribution in [0.5, 0.6) is 0 Å². The zero-order chi connectivity index (χ0) is 9.84. The van der Waals surface area contributed by atoms with E-state index in [9.17, 15) is 4.79 Å². The molecule has 0 heterocycles. The van der Waals surface area contributed by atoms with Gasteiger partial charge in [-0.2, -0.15) is 0 Å². The molecule has 0 aliphatic carbocycles. The van der Waals surface area contributed by atoms with Crippen LogP contribution in [0.15, 0.2) is 23.1 Å². The molecule has 3 heteroatoms. The Kier molecular flexibility index (Phi) is 4.00. The summed E-state index contributed by atoms with van der Waals surface area (Å²) in [5, 5.41) is 0.781. The maximum atomic E-state index is 11.0. The third kappa shape index (κ3) is 3.16. The summed E-state index contributed by atoms with van der Waals surface area (Å²) < 4.78 is 0. The van der Waals surface area contributed by atoms with Crippen LogP contribution < -0.4 is 0 Å². The number of rotatable bonds is 3. The number of benzene rings is 1. The predicted octanol–water partition coefficient (Wildman–Crippen LogP) is 3.00. The highest BCUT2D eigenvalue weighted by molar-refractivity contribution is 9.08. The summed E-state index contributed by atoms with van der Waals surface area (Å²) in [6, 6.07) is 5.87. The molecule has 1 nitrogen and oxygen atoms in total. The Hall–Kier alpha value is -0.280. The molecular formula is C10H11BrOS. The third-order valence-electron chi connectivity index (χ3n) is 1.77. The zero-order valence-corrected chi connectivity index (χ0v) is 9.86. The number of hydrogen-bond donors (Lipinski definition) is 1. The number of alkyl halides is 1. The van der Waals surface area contributed by atoms with E-state index in [0.717, 1.165) is 21.4 Å². The highest BCUT2D eigenvalue weighted by atomic mass is 79.9. The van der Waals surface area contributed by atoms with Crippen molar-refractivity contribution < 1.29 is 4.79 Å². The molecular weight excluding hydrogens is 248 g/mol. The van der Waals surface area contributed by atoms with Gasteiger partial charge < -0.3 is 0 Å². The van der Waals surface area contributed by atoms with E-state index in [1.807, 2.05) is 18.2 Å².